The van der Waals surface area contributed by atoms with E-state index in [0.29, 0.717) is 0 Å². The van der Waals surface area contributed by atoms with Gasteiger partial charge in [0.05, 0.1) is 11.9 Å². The van der Waals surface area contributed by atoms with E-state index < -0.39 is 39.4 Å². The first kappa shape index (κ1) is 21.4. The Bertz CT molecular complexity index is 812. The molecule has 0 radical (unpaired) electrons. The Morgan fingerprint density at radius 2 is 1.92 bits per heavy atom. The smallest absolute Gasteiger partial charge is 0.326 e. The fourth-order valence-corrected chi connectivity index (χ4v) is 2.61. The third kappa shape index (κ3) is 6.31. The summed E-state index contributed by atoms with van der Waals surface area (Å²) >= 11 is 0. The molecule has 0 aliphatic carbocycles. The minimum Gasteiger partial charge on any atom is -0.480 e. The molecule has 2 amide bonds. The molecule has 0 fully saturated rings. The van der Waals surface area contributed by atoms with Gasteiger partial charge in [-0.1, -0.05) is 0 Å². The second kappa shape index (κ2) is 8.61. The van der Waals surface area contributed by atoms with Gasteiger partial charge in [0.2, 0.25) is 15.9 Å². The fourth-order valence-electron chi connectivity index (χ4n) is 2.06. The largest absolute Gasteiger partial charge is 0.480 e. The Morgan fingerprint density at radius 3 is 2.42 bits per heavy atom. The summed E-state index contributed by atoms with van der Waals surface area (Å²) in [7, 11) is -3.77. The second-order valence-electron chi connectivity index (χ2n) is 5.56. The molecule has 1 aromatic rings. The van der Waals surface area contributed by atoms with E-state index in [1.807, 2.05) is 4.72 Å². The van der Waals surface area contributed by atoms with Gasteiger partial charge in [-0.05, 0) is 25.1 Å². The molecular weight excluding hydrogens is 369 g/mol. The standard InChI is InChI=1S/C15H20FN3O6S/c1-9(15(22)23)19(7-6-17-10(2)20)14(21)11-4-5-12(16)13(8-11)18-26(3,24)25/h4-5,8-9,18H,6-7H2,1-3H3,(H,17,20)(H,22,23). The zero-order chi connectivity index (χ0) is 20.1. The first-order valence-corrected chi connectivity index (χ1v) is 9.37. The zero-order valence-electron chi connectivity index (χ0n) is 14.4. The molecule has 0 bridgehead atoms. The summed E-state index contributed by atoms with van der Waals surface area (Å²) in [6, 6.07) is 1.79. The molecule has 3 N–H and O–H groups in total. The molecule has 0 aliphatic heterocycles. The van der Waals surface area contributed by atoms with Crippen molar-refractivity contribution in [1.82, 2.24) is 10.2 Å². The van der Waals surface area contributed by atoms with E-state index in [-0.39, 0.29) is 24.6 Å². The van der Waals surface area contributed by atoms with E-state index in [1.165, 1.54) is 13.8 Å². The summed E-state index contributed by atoms with van der Waals surface area (Å²) in [5.74, 6) is -3.25. The molecule has 0 aliphatic rings. The summed E-state index contributed by atoms with van der Waals surface area (Å²) in [4.78, 5) is 35.8. The monoisotopic (exact) mass is 389 g/mol. The Balaban J connectivity index is 3.15. The average Bonchev–Trinajstić information content (AvgIpc) is 2.50. The summed E-state index contributed by atoms with van der Waals surface area (Å²) in [5.41, 5.74) is -0.531. The maximum Gasteiger partial charge on any atom is 0.326 e. The van der Waals surface area contributed by atoms with E-state index in [9.17, 15) is 32.3 Å². The number of carboxylic acids is 1. The van der Waals surface area contributed by atoms with Crippen molar-refractivity contribution in [2.45, 2.75) is 19.9 Å². The molecule has 0 aromatic heterocycles. The number of carbonyl (C=O) groups is 3. The first-order valence-electron chi connectivity index (χ1n) is 7.48. The summed E-state index contributed by atoms with van der Waals surface area (Å²) in [5, 5.41) is 11.6. The number of sulfonamides is 1. The van der Waals surface area contributed by atoms with Crippen molar-refractivity contribution in [3.63, 3.8) is 0 Å². The maximum atomic E-state index is 13.7. The molecule has 0 saturated carbocycles. The SMILES string of the molecule is CC(=O)NCCN(C(=O)c1ccc(F)c(NS(C)(=O)=O)c1)C(C)C(=O)O. The van der Waals surface area contributed by atoms with Crippen LogP contribution in [0.1, 0.15) is 24.2 Å². The number of amides is 2. The quantitative estimate of drug-likeness (QED) is 0.584. The maximum absolute atomic E-state index is 13.7. The molecule has 9 nitrogen and oxygen atoms in total. The molecule has 0 saturated heterocycles. The van der Waals surface area contributed by atoms with E-state index in [4.69, 9.17) is 0 Å². The lowest BCUT2D eigenvalue weighted by atomic mass is 10.1. The lowest BCUT2D eigenvalue weighted by molar-refractivity contribution is -0.141. The van der Waals surface area contributed by atoms with E-state index in [1.54, 1.807) is 0 Å². The normalized spacial score (nSPS) is 12.2. The molecular formula is C15H20FN3O6S. The highest BCUT2D eigenvalue weighted by molar-refractivity contribution is 7.92. The number of rotatable bonds is 8. The number of hydrogen-bond acceptors (Lipinski definition) is 5. The Labute approximate surface area is 150 Å². The number of aliphatic carboxylic acids is 1. The summed E-state index contributed by atoms with van der Waals surface area (Å²) in [6.07, 6.45) is 0.827. The van der Waals surface area contributed by atoms with Crippen molar-refractivity contribution in [3.8, 4) is 0 Å². The van der Waals surface area contributed by atoms with Gasteiger partial charge in [0.25, 0.3) is 5.91 Å². The molecule has 0 spiro atoms. The zero-order valence-corrected chi connectivity index (χ0v) is 15.3. The van der Waals surface area contributed by atoms with Crippen molar-refractivity contribution in [2.75, 3.05) is 24.1 Å². The number of nitrogens with one attached hydrogen (secondary N) is 2. The van der Waals surface area contributed by atoms with Crippen LogP contribution in [-0.2, 0) is 19.6 Å². The second-order valence-corrected chi connectivity index (χ2v) is 7.31. The van der Waals surface area contributed by atoms with Crippen LogP contribution in [-0.4, -0.2) is 61.6 Å². The molecule has 1 aromatic carbocycles. The number of carbonyl (C=O) groups excluding carboxylic acids is 2. The predicted molar refractivity (Wildman–Crippen MR) is 91.7 cm³/mol. The van der Waals surface area contributed by atoms with Gasteiger partial charge >= 0.3 is 5.97 Å². The van der Waals surface area contributed by atoms with Crippen LogP contribution < -0.4 is 10.0 Å². The van der Waals surface area contributed by atoms with Crippen LogP contribution in [0.3, 0.4) is 0 Å². The predicted octanol–water partition coefficient (Wildman–Crippen LogP) is 0.249. The van der Waals surface area contributed by atoms with Gasteiger partial charge in [-0.25, -0.2) is 17.6 Å². The van der Waals surface area contributed by atoms with Crippen LogP contribution in [0.25, 0.3) is 0 Å². The minimum atomic E-state index is -3.77. The highest BCUT2D eigenvalue weighted by atomic mass is 32.2. The van der Waals surface area contributed by atoms with Gasteiger partial charge in [0.1, 0.15) is 11.9 Å². The van der Waals surface area contributed by atoms with Crippen molar-refractivity contribution < 1.29 is 32.3 Å². The Hall–Kier alpha value is -2.69. The van der Waals surface area contributed by atoms with E-state index in [0.717, 1.165) is 29.4 Å². The molecule has 26 heavy (non-hydrogen) atoms. The van der Waals surface area contributed by atoms with Gasteiger partial charge in [-0.15, -0.1) is 0 Å². The van der Waals surface area contributed by atoms with Crippen LogP contribution >= 0.6 is 0 Å². The van der Waals surface area contributed by atoms with Gasteiger partial charge in [0.15, 0.2) is 0 Å². The molecule has 11 heteroatoms. The van der Waals surface area contributed by atoms with E-state index in [2.05, 4.69) is 5.32 Å². The molecule has 1 unspecified atom stereocenters. The van der Waals surface area contributed by atoms with E-state index >= 15 is 0 Å². The van der Waals surface area contributed by atoms with Crippen LogP contribution in [0.5, 0.6) is 0 Å². The molecule has 0 heterocycles. The lowest BCUT2D eigenvalue weighted by Crippen LogP contribution is -2.46. The van der Waals surface area contributed by atoms with Crippen LogP contribution in [0.15, 0.2) is 18.2 Å². The highest BCUT2D eigenvalue weighted by Gasteiger charge is 2.27. The third-order valence-electron chi connectivity index (χ3n) is 3.32. The number of halogens is 1. The van der Waals surface area contributed by atoms with Gasteiger partial charge in [-0.2, -0.15) is 0 Å². The molecule has 144 valence electrons. The first-order chi connectivity index (χ1) is 11.9. The van der Waals surface area contributed by atoms with Crippen LogP contribution in [0.4, 0.5) is 10.1 Å². The summed E-state index contributed by atoms with van der Waals surface area (Å²) < 4.78 is 38.3. The highest BCUT2D eigenvalue weighted by Crippen LogP contribution is 2.19. The lowest BCUT2D eigenvalue weighted by Gasteiger charge is -2.27. The third-order valence-corrected chi connectivity index (χ3v) is 3.91. The Kier molecular flexibility index (Phi) is 7.07. The molecule has 1 rings (SSSR count). The topological polar surface area (TPSA) is 133 Å². The number of nitrogens with zero attached hydrogens (tertiary/aromatic N) is 1. The number of anilines is 1. The van der Waals surface area contributed by atoms with Crippen molar-refractivity contribution in [1.29, 1.82) is 0 Å². The number of benzene rings is 1. The van der Waals surface area contributed by atoms with Crippen LogP contribution in [0, 0.1) is 5.82 Å². The number of carboxylic acid groups (broad SMARTS) is 1. The fraction of sp³-hybridized carbons (Fsp3) is 0.400. The van der Waals surface area contributed by atoms with Gasteiger partial charge in [-0.3, -0.25) is 14.3 Å². The molecule has 1 atom stereocenters. The van der Waals surface area contributed by atoms with Gasteiger partial charge < -0.3 is 15.3 Å². The van der Waals surface area contributed by atoms with Crippen LogP contribution in [0.2, 0.25) is 0 Å². The Morgan fingerprint density at radius 1 is 1.31 bits per heavy atom. The van der Waals surface area contributed by atoms with Crippen molar-refractivity contribution in [3.05, 3.63) is 29.6 Å². The average molecular weight is 389 g/mol. The minimum absolute atomic E-state index is 0.0222. The van der Waals surface area contributed by atoms with Gasteiger partial charge in [0, 0.05) is 25.6 Å². The van der Waals surface area contributed by atoms with Crippen molar-refractivity contribution >= 4 is 33.5 Å². The number of hydrogen-bond donors (Lipinski definition) is 3. The van der Waals surface area contributed by atoms with Crippen molar-refractivity contribution in [2.24, 2.45) is 0 Å². The summed E-state index contributed by atoms with van der Waals surface area (Å²) in [6.45, 7) is 2.48.